The van der Waals surface area contributed by atoms with Gasteiger partial charge in [0.05, 0.1) is 0 Å². The van der Waals surface area contributed by atoms with Crippen LogP contribution >= 0.6 is 0 Å². The Balaban J connectivity index is 2.93. The Bertz CT molecular complexity index is 401. The van der Waals surface area contributed by atoms with Crippen LogP contribution < -0.4 is 5.32 Å². The van der Waals surface area contributed by atoms with Gasteiger partial charge in [0.25, 0.3) is 0 Å². The normalized spacial score (nSPS) is 14.9. The second-order valence-electron chi connectivity index (χ2n) is 4.80. The molecule has 2 unspecified atom stereocenters. The molecule has 1 N–H and O–H groups in total. The number of nitrogens with one attached hydrogen (secondary N) is 1. The molecule has 17 heavy (non-hydrogen) atoms. The molecule has 0 saturated carbocycles. The summed E-state index contributed by atoms with van der Waals surface area (Å²) in [6.07, 6.45) is 0. The first-order valence-electron chi connectivity index (χ1n) is 6.07. The second kappa shape index (κ2) is 6.31. The van der Waals surface area contributed by atoms with Gasteiger partial charge < -0.3 is 5.32 Å². The van der Waals surface area contributed by atoms with E-state index in [0.29, 0.717) is 5.75 Å². The van der Waals surface area contributed by atoms with Crippen molar-refractivity contribution in [2.45, 2.75) is 39.0 Å². The van der Waals surface area contributed by atoms with Crippen LogP contribution in [-0.2, 0) is 10.8 Å². The van der Waals surface area contributed by atoms with Gasteiger partial charge in [-0.2, -0.15) is 0 Å². The number of hydrogen-bond donors (Lipinski definition) is 1. The molecule has 0 spiro atoms. The smallest absolute Gasteiger partial charge is 0.0437 e. The average molecular weight is 253 g/mol. The lowest BCUT2D eigenvalue weighted by Gasteiger charge is -2.20. The summed E-state index contributed by atoms with van der Waals surface area (Å²) in [6.45, 7) is 8.21. The fourth-order valence-corrected chi connectivity index (χ4v) is 2.88. The molecule has 96 valence electrons. The third kappa shape index (κ3) is 3.93. The van der Waals surface area contributed by atoms with Crippen LogP contribution in [0.3, 0.4) is 0 Å². The van der Waals surface area contributed by atoms with E-state index < -0.39 is 10.8 Å². The average Bonchev–Trinajstić information content (AvgIpc) is 2.29. The van der Waals surface area contributed by atoms with Gasteiger partial charge in [0.15, 0.2) is 0 Å². The van der Waals surface area contributed by atoms with Crippen LogP contribution in [0, 0.1) is 13.8 Å². The van der Waals surface area contributed by atoms with Gasteiger partial charge in [-0.05, 0) is 32.0 Å². The quantitative estimate of drug-likeness (QED) is 0.874. The van der Waals surface area contributed by atoms with Crippen molar-refractivity contribution in [1.29, 1.82) is 0 Å². The largest absolute Gasteiger partial charge is 0.312 e. The highest BCUT2D eigenvalue weighted by atomic mass is 32.2. The Kier molecular flexibility index (Phi) is 5.34. The summed E-state index contributed by atoms with van der Waals surface area (Å²) in [7, 11) is 1.15. The van der Waals surface area contributed by atoms with Crippen molar-refractivity contribution in [1.82, 2.24) is 5.32 Å². The van der Waals surface area contributed by atoms with Gasteiger partial charge in [0.2, 0.25) is 0 Å². The number of hydrogen-bond acceptors (Lipinski definition) is 2. The second-order valence-corrected chi connectivity index (χ2v) is 6.84. The van der Waals surface area contributed by atoms with E-state index in [4.69, 9.17) is 0 Å². The highest BCUT2D eigenvalue weighted by molar-refractivity contribution is 7.85. The minimum atomic E-state index is -0.780. The molecule has 3 heteroatoms. The first-order valence-corrected chi connectivity index (χ1v) is 7.45. The van der Waals surface area contributed by atoms with Gasteiger partial charge in [-0.1, -0.05) is 37.6 Å². The van der Waals surface area contributed by atoms with Crippen molar-refractivity contribution >= 4 is 10.8 Å². The van der Waals surface area contributed by atoms with E-state index in [1.54, 1.807) is 0 Å². The van der Waals surface area contributed by atoms with Crippen LogP contribution in [0.15, 0.2) is 18.2 Å². The van der Waals surface area contributed by atoms with E-state index in [1.165, 1.54) is 16.7 Å². The predicted octanol–water partition coefficient (Wildman–Crippen LogP) is 2.72. The molecule has 1 aromatic carbocycles. The molecule has 0 amide bonds. The standard InChI is InChI=1S/C14H23NOS/c1-10(2)17(16)9-14(15-5)13-8-11(3)6-7-12(13)4/h6-8,10,14-15H,9H2,1-5H3. The maximum Gasteiger partial charge on any atom is 0.0437 e. The molecule has 1 aromatic rings. The molecule has 0 aromatic heterocycles. The Morgan fingerprint density at radius 2 is 1.94 bits per heavy atom. The third-order valence-electron chi connectivity index (χ3n) is 3.02. The monoisotopic (exact) mass is 253 g/mol. The van der Waals surface area contributed by atoms with Gasteiger partial charge in [0, 0.05) is 27.8 Å². The first kappa shape index (κ1) is 14.4. The molecule has 0 heterocycles. The van der Waals surface area contributed by atoms with Crippen LogP contribution in [0.1, 0.15) is 36.6 Å². The Labute approximate surface area is 107 Å². The fourth-order valence-electron chi connectivity index (χ4n) is 1.82. The molecule has 0 saturated heterocycles. The van der Waals surface area contributed by atoms with Crippen molar-refractivity contribution in [2.24, 2.45) is 0 Å². The number of aryl methyl sites for hydroxylation is 2. The minimum absolute atomic E-state index is 0.179. The van der Waals surface area contributed by atoms with Crippen molar-refractivity contribution in [3.63, 3.8) is 0 Å². The molecular weight excluding hydrogens is 230 g/mol. The number of benzene rings is 1. The van der Waals surface area contributed by atoms with Crippen LogP contribution in [0.2, 0.25) is 0 Å². The van der Waals surface area contributed by atoms with Crippen LogP contribution in [0.25, 0.3) is 0 Å². The molecule has 0 aliphatic rings. The molecule has 0 aliphatic heterocycles. The van der Waals surface area contributed by atoms with E-state index in [1.807, 2.05) is 20.9 Å². The molecule has 0 fully saturated rings. The van der Waals surface area contributed by atoms with Crippen LogP contribution in [-0.4, -0.2) is 22.3 Å². The fraction of sp³-hybridized carbons (Fsp3) is 0.571. The summed E-state index contributed by atoms with van der Waals surface area (Å²) in [5.41, 5.74) is 3.78. The zero-order valence-electron chi connectivity index (χ0n) is 11.4. The van der Waals surface area contributed by atoms with Crippen molar-refractivity contribution in [2.75, 3.05) is 12.8 Å². The third-order valence-corrected chi connectivity index (χ3v) is 4.73. The molecule has 2 atom stereocenters. The van der Waals surface area contributed by atoms with Crippen molar-refractivity contribution in [3.8, 4) is 0 Å². The van der Waals surface area contributed by atoms with Crippen molar-refractivity contribution < 1.29 is 4.21 Å². The molecule has 2 nitrogen and oxygen atoms in total. The molecule has 0 radical (unpaired) electrons. The summed E-state index contributed by atoms with van der Waals surface area (Å²) in [6, 6.07) is 6.62. The summed E-state index contributed by atoms with van der Waals surface area (Å²) in [4.78, 5) is 0. The van der Waals surface area contributed by atoms with Gasteiger partial charge in [0.1, 0.15) is 0 Å². The lowest BCUT2D eigenvalue weighted by atomic mass is 10.0. The van der Waals surface area contributed by atoms with Crippen molar-refractivity contribution in [3.05, 3.63) is 34.9 Å². The summed E-state index contributed by atoms with van der Waals surface area (Å²) in [5, 5.41) is 3.50. The maximum absolute atomic E-state index is 12.0. The topological polar surface area (TPSA) is 29.1 Å². The molecule has 0 bridgehead atoms. The van der Waals surface area contributed by atoms with Gasteiger partial charge in [-0.3, -0.25) is 4.21 Å². The molecular formula is C14H23NOS. The lowest BCUT2D eigenvalue weighted by molar-refractivity contribution is 0.629. The van der Waals surface area contributed by atoms with Gasteiger partial charge in [-0.15, -0.1) is 0 Å². The molecule has 1 rings (SSSR count). The van der Waals surface area contributed by atoms with Gasteiger partial charge >= 0.3 is 0 Å². The van der Waals surface area contributed by atoms with Gasteiger partial charge in [-0.25, -0.2) is 0 Å². The lowest BCUT2D eigenvalue weighted by Crippen LogP contribution is -2.26. The van der Waals surface area contributed by atoms with Crippen LogP contribution in [0.5, 0.6) is 0 Å². The Morgan fingerprint density at radius 3 is 2.47 bits per heavy atom. The Hall–Kier alpha value is -0.670. The van der Waals surface area contributed by atoms with E-state index >= 15 is 0 Å². The molecule has 0 aliphatic carbocycles. The highest BCUT2D eigenvalue weighted by Gasteiger charge is 2.17. The van der Waals surface area contributed by atoms with E-state index in [-0.39, 0.29) is 11.3 Å². The maximum atomic E-state index is 12.0. The number of rotatable bonds is 5. The summed E-state index contributed by atoms with van der Waals surface area (Å²) < 4.78 is 12.0. The predicted molar refractivity (Wildman–Crippen MR) is 75.9 cm³/mol. The summed E-state index contributed by atoms with van der Waals surface area (Å²) in [5.74, 6) is 0.679. The van der Waals surface area contributed by atoms with E-state index in [9.17, 15) is 4.21 Å². The van der Waals surface area contributed by atoms with Crippen LogP contribution in [0.4, 0.5) is 0 Å². The summed E-state index contributed by atoms with van der Waals surface area (Å²) >= 11 is 0. The zero-order chi connectivity index (χ0) is 13.0. The van der Waals surface area contributed by atoms with E-state index in [2.05, 4.69) is 37.4 Å². The Morgan fingerprint density at radius 1 is 1.29 bits per heavy atom. The minimum Gasteiger partial charge on any atom is -0.312 e. The first-order chi connectivity index (χ1) is 7.95. The zero-order valence-corrected chi connectivity index (χ0v) is 12.2. The van der Waals surface area contributed by atoms with E-state index in [0.717, 1.165) is 0 Å². The highest BCUT2D eigenvalue weighted by Crippen LogP contribution is 2.20. The SMILES string of the molecule is CNC(CS(=O)C(C)C)c1cc(C)ccc1C.